The van der Waals surface area contributed by atoms with Crippen molar-refractivity contribution in [3.63, 3.8) is 0 Å². The van der Waals surface area contributed by atoms with Crippen LogP contribution in [-0.4, -0.2) is 11.9 Å². The normalized spacial score (nSPS) is 12.2. The third-order valence-electron chi connectivity index (χ3n) is 2.25. The third kappa shape index (κ3) is 3.13. The highest BCUT2D eigenvalue weighted by Gasteiger charge is 2.11. The lowest BCUT2D eigenvalue weighted by Gasteiger charge is -2.12. The summed E-state index contributed by atoms with van der Waals surface area (Å²) < 4.78 is 0. The van der Waals surface area contributed by atoms with Crippen molar-refractivity contribution in [2.75, 3.05) is 5.73 Å². The molecule has 1 amide bonds. The molecule has 82 valence electrons. The number of halogens is 1. The Labute approximate surface area is 94.6 Å². The van der Waals surface area contributed by atoms with Gasteiger partial charge in [0.15, 0.2) is 0 Å². The van der Waals surface area contributed by atoms with Gasteiger partial charge in [0, 0.05) is 16.8 Å². The highest BCUT2D eigenvalue weighted by Crippen LogP contribution is 2.17. The number of anilines is 1. The van der Waals surface area contributed by atoms with Crippen molar-refractivity contribution >= 4 is 23.2 Å². The maximum atomic E-state index is 11.7. The van der Waals surface area contributed by atoms with Crippen LogP contribution in [-0.2, 0) is 0 Å². The summed E-state index contributed by atoms with van der Waals surface area (Å²) in [7, 11) is 0. The standard InChI is InChI=1S/C11H15ClN2O/c1-3-7(2)14-11(15)9-5-4-8(12)6-10(9)13/h4-7H,3,13H2,1-2H3,(H,14,15)/t7-/m1/s1. The molecule has 0 unspecified atom stereocenters. The lowest BCUT2D eigenvalue weighted by Crippen LogP contribution is -2.32. The van der Waals surface area contributed by atoms with E-state index in [2.05, 4.69) is 5.32 Å². The fraction of sp³-hybridized carbons (Fsp3) is 0.364. The predicted molar refractivity (Wildman–Crippen MR) is 63.1 cm³/mol. The van der Waals surface area contributed by atoms with Crippen LogP contribution in [0, 0.1) is 0 Å². The summed E-state index contributed by atoms with van der Waals surface area (Å²) in [5.74, 6) is -0.154. The zero-order chi connectivity index (χ0) is 11.4. The summed E-state index contributed by atoms with van der Waals surface area (Å²) >= 11 is 5.74. The molecule has 0 bridgehead atoms. The van der Waals surface area contributed by atoms with Crippen LogP contribution in [0.15, 0.2) is 18.2 Å². The first-order valence-electron chi connectivity index (χ1n) is 4.90. The van der Waals surface area contributed by atoms with Crippen molar-refractivity contribution in [1.29, 1.82) is 0 Å². The van der Waals surface area contributed by atoms with Crippen LogP contribution in [0.25, 0.3) is 0 Å². The largest absolute Gasteiger partial charge is 0.398 e. The predicted octanol–water partition coefficient (Wildman–Crippen LogP) is 2.45. The number of carbonyl (C=O) groups excluding carboxylic acids is 1. The molecule has 0 heterocycles. The maximum Gasteiger partial charge on any atom is 0.253 e. The first-order chi connectivity index (χ1) is 7.04. The van der Waals surface area contributed by atoms with Crippen molar-refractivity contribution < 1.29 is 4.79 Å². The van der Waals surface area contributed by atoms with Crippen LogP contribution in [0.1, 0.15) is 30.6 Å². The van der Waals surface area contributed by atoms with Crippen molar-refractivity contribution in [3.8, 4) is 0 Å². The summed E-state index contributed by atoms with van der Waals surface area (Å²) in [5.41, 5.74) is 6.57. The number of nitrogens with two attached hydrogens (primary N) is 1. The van der Waals surface area contributed by atoms with Gasteiger partial charge in [-0.1, -0.05) is 18.5 Å². The monoisotopic (exact) mass is 226 g/mol. The number of amides is 1. The summed E-state index contributed by atoms with van der Waals surface area (Å²) in [4.78, 5) is 11.7. The van der Waals surface area contributed by atoms with Crippen LogP contribution in [0.3, 0.4) is 0 Å². The number of nitrogen functional groups attached to an aromatic ring is 1. The van der Waals surface area contributed by atoms with Gasteiger partial charge in [0.05, 0.1) is 5.56 Å². The van der Waals surface area contributed by atoms with Crippen LogP contribution in [0.5, 0.6) is 0 Å². The fourth-order valence-electron chi connectivity index (χ4n) is 1.14. The van der Waals surface area contributed by atoms with Crippen LogP contribution >= 0.6 is 11.6 Å². The van der Waals surface area contributed by atoms with E-state index in [4.69, 9.17) is 17.3 Å². The molecular weight excluding hydrogens is 212 g/mol. The number of rotatable bonds is 3. The SMILES string of the molecule is CC[C@@H](C)NC(=O)c1ccc(Cl)cc1N. The van der Waals surface area contributed by atoms with E-state index >= 15 is 0 Å². The Kier molecular flexibility index (Phi) is 3.97. The first-order valence-corrected chi connectivity index (χ1v) is 5.28. The fourth-order valence-corrected chi connectivity index (χ4v) is 1.32. The van der Waals surface area contributed by atoms with E-state index in [1.807, 2.05) is 13.8 Å². The Morgan fingerprint density at radius 1 is 1.60 bits per heavy atom. The van der Waals surface area contributed by atoms with Gasteiger partial charge in [-0.2, -0.15) is 0 Å². The van der Waals surface area contributed by atoms with Crippen LogP contribution in [0.4, 0.5) is 5.69 Å². The molecule has 0 radical (unpaired) electrons. The molecule has 3 N–H and O–H groups in total. The minimum atomic E-state index is -0.154. The zero-order valence-corrected chi connectivity index (χ0v) is 9.64. The molecule has 0 fully saturated rings. The number of hydrogen-bond acceptors (Lipinski definition) is 2. The van der Waals surface area contributed by atoms with E-state index in [1.165, 1.54) is 0 Å². The van der Waals surface area contributed by atoms with Gasteiger partial charge in [-0.05, 0) is 31.5 Å². The number of hydrogen-bond donors (Lipinski definition) is 2. The van der Waals surface area contributed by atoms with Crippen LogP contribution in [0.2, 0.25) is 5.02 Å². The lowest BCUT2D eigenvalue weighted by molar-refractivity contribution is 0.0940. The first kappa shape index (κ1) is 11.9. The topological polar surface area (TPSA) is 55.1 Å². The molecule has 0 aromatic heterocycles. The molecule has 15 heavy (non-hydrogen) atoms. The van der Waals surface area contributed by atoms with Crippen molar-refractivity contribution in [3.05, 3.63) is 28.8 Å². The second-order valence-corrected chi connectivity index (χ2v) is 3.95. The molecule has 0 spiro atoms. The van der Waals surface area contributed by atoms with E-state index < -0.39 is 0 Å². The van der Waals surface area contributed by atoms with Gasteiger partial charge in [0.1, 0.15) is 0 Å². The van der Waals surface area contributed by atoms with Crippen molar-refractivity contribution in [2.45, 2.75) is 26.3 Å². The zero-order valence-electron chi connectivity index (χ0n) is 8.88. The minimum Gasteiger partial charge on any atom is -0.398 e. The quantitative estimate of drug-likeness (QED) is 0.778. The number of nitrogens with one attached hydrogen (secondary N) is 1. The van der Waals surface area contributed by atoms with Gasteiger partial charge in [0.25, 0.3) is 5.91 Å². The molecule has 0 aliphatic rings. The molecule has 3 nitrogen and oxygen atoms in total. The average Bonchev–Trinajstić information content (AvgIpc) is 2.17. The highest BCUT2D eigenvalue weighted by molar-refractivity contribution is 6.31. The molecular formula is C11H15ClN2O. The van der Waals surface area contributed by atoms with Crippen molar-refractivity contribution in [2.24, 2.45) is 0 Å². The van der Waals surface area contributed by atoms with E-state index in [1.54, 1.807) is 18.2 Å². The molecule has 1 atom stereocenters. The average molecular weight is 227 g/mol. The number of benzene rings is 1. The number of carbonyl (C=O) groups is 1. The minimum absolute atomic E-state index is 0.146. The Bertz CT molecular complexity index is 366. The molecule has 0 saturated heterocycles. The molecule has 1 aromatic rings. The summed E-state index contributed by atoms with van der Waals surface area (Å²) in [6, 6.07) is 5.01. The molecule has 4 heteroatoms. The second kappa shape index (κ2) is 5.03. The van der Waals surface area contributed by atoms with Gasteiger partial charge < -0.3 is 11.1 Å². The molecule has 0 aliphatic carbocycles. The Hall–Kier alpha value is -1.22. The smallest absolute Gasteiger partial charge is 0.253 e. The lowest BCUT2D eigenvalue weighted by atomic mass is 10.1. The maximum absolute atomic E-state index is 11.7. The molecule has 1 rings (SSSR count). The van der Waals surface area contributed by atoms with E-state index in [-0.39, 0.29) is 11.9 Å². The molecule has 1 aromatic carbocycles. The summed E-state index contributed by atoms with van der Waals surface area (Å²) in [6.07, 6.45) is 0.888. The van der Waals surface area contributed by atoms with Crippen molar-refractivity contribution in [1.82, 2.24) is 5.32 Å². The van der Waals surface area contributed by atoms with Crippen LogP contribution < -0.4 is 11.1 Å². The van der Waals surface area contributed by atoms with E-state index in [0.717, 1.165) is 6.42 Å². The Morgan fingerprint density at radius 2 is 2.27 bits per heavy atom. The van der Waals surface area contributed by atoms with E-state index in [9.17, 15) is 4.79 Å². The Morgan fingerprint density at radius 3 is 2.80 bits per heavy atom. The van der Waals surface area contributed by atoms with Gasteiger partial charge in [0.2, 0.25) is 0 Å². The van der Waals surface area contributed by atoms with E-state index in [0.29, 0.717) is 16.3 Å². The second-order valence-electron chi connectivity index (χ2n) is 3.51. The van der Waals surface area contributed by atoms with Gasteiger partial charge in [-0.25, -0.2) is 0 Å². The Balaban J connectivity index is 2.82. The third-order valence-corrected chi connectivity index (χ3v) is 2.48. The molecule has 0 aliphatic heterocycles. The van der Waals surface area contributed by atoms with Gasteiger partial charge in [-0.15, -0.1) is 0 Å². The van der Waals surface area contributed by atoms with Gasteiger partial charge in [-0.3, -0.25) is 4.79 Å². The highest BCUT2D eigenvalue weighted by atomic mass is 35.5. The van der Waals surface area contributed by atoms with Gasteiger partial charge >= 0.3 is 0 Å². The summed E-state index contributed by atoms with van der Waals surface area (Å²) in [5, 5.41) is 3.38. The molecule has 0 saturated carbocycles. The summed E-state index contributed by atoms with van der Waals surface area (Å²) in [6.45, 7) is 3.96.